The van der Waals surface area contributed by atoms with Crippen LogP contribution in [0.5, 0.6) is 5.75 Å². The van der Waals surface area contributed by atoms with Gasteiger partial charge in [0.15, 0.2) is 0 Å². The van der Waals surface area contributed by atoms with Crippen molar-refractivity contribution in [2.75, 3.05) is 6.61 Å². The van der Waals surface area contributed by atoms with Crippen LogP contribution in [0, 0.1) is 0 Å². The molecule has 0 saturated heterocycles. The van der Waals surface area contributed by atoms with Crippen LogP contribution in [0.25, 0.3) is 10.8 Å². The van der Waals surface area contributed by atoms with Crippen molar-refractivity contribution in [2.45, 2.75) is 45.4 Å². The van der Waals surface area contributed by atoms with E-state index in [1.54, 1.807) is 6.07 Å². The molecule has 0 bridgehead atoms. The van der Waals surface area contributed by atoms with Crippen LogP contribution in [-0.2, 0) is 4.74 Å². The lowest BCUT2D eigenvalue weighted by molar-refractivity contribution is 0.0978. The van der Waals surface area contributed by atoms with Gasteiger partial charge in [-0.25, -0.2) is 4.79 Å². The number of rotatable bonds is 8. The fraction of sp³-hybridized carbons (Fsp3) is 0.421. The number of ether oxygens (including phenoxy) is 2. The lowest BCUT2D eigenvalue weighted by Gasteiger charge is -2.08. The number of carbonyl (C=O) groups is 1. The Morgan fingerprint density at radius 1 is 0.909 bits per heavy atom. The molecule has 2 aromatic rings. The van der Waals surface area contributed by atoms with Crippen LogP contribution in [0.1, 0.15) is 45.4 Å². The summed E-state index contributed by atoms with van der Waals surface area (Å²) < 4.78 is 10.5. The first-order valence-electron chi connectivity index (χ1n) is 8.13. The zero-order valence-electron chi connectivity index (χ0n) is 13.2. The van der Waals surface area contributed by atoms with Crippen LogP contribution in [0.4, 0.5) is 4.79 Å². The van der Waals surface area contributed by atoms with Crippen molar-refractivity contribution in [3.63, 3.8) is 0 Å². The normalized spacial score (nSPS) is 10.6. The molecule has 0 radical (unpaired) electrons. The van der Waals surface area contributed by atoms with Crippen LogP contribution in [0.2, 0.25) is 0 Å². The Morgan fingerprint density at radius 2 is 1.64 bits per heavy atom. The first-order valence-corrected chi connectivity index (χ1v) is 8.13. The molecule has 118 valence electrons. The van der Waals surface area contributed by atoms with E-state index in [9.17, 15) is 4.79 Å². The maximum absolute atomic E-state index is 11.7. The van der Waals surface area contributed by atoms with Gasteiger partial charge in [0, 0.05) is 5.39 Å². The van der Waals surface area contributed by atoms with Gasteiger partial charge in [0.2, 0.25) is 0 Å². The molecule has 0 N–H and O–H groups in total. The molecular weight excluding hydrogens is 276 g/mol. The summed E-state index contributed by atoms with van der Waals surface area (Å²) in [6.45, 7) is 2.63. The zero-order valence-corrected chi connectivity index (χ0v) is 13.2. The lowest BCUT2D eigenvalue weighted by atomic mass is 10.1. The molecule has 22 heavy (non-hydrogen) atoms. The molecule has 0 amide bonds. The standard InChI is InChI=1S/C19H24O3/c1-2-3-4-5-6-9-15-21-19(20)22-18-14-10-12-16-11-7-8-13-17(16)18/h7-8,10-14H,2-6,9,15H2,1H3. The number of fused-ring (bicyclic) bond motifs is 1. The zero-order chi connectivity index (χ0) is 15.6. The van der Waals surface area contributed by atoms with Gasteiger partial charge in [-0.05, 0) is 17.9 Å². The summed E-state index contributed by atoms with van der Waals surface area (Å²) in [5, 5.41) is 1.96. The van der Waals surface area contributed by atoms with E-state index in [0.717, 1.165) is 23.6 Å². The van der Waals surface area contributed by atoms with Gasteiger partial charge in [-0.3, -0.25) is 0 Å². The maximum atomic E-state index is 11.7. The monoisotopic (exact) mass is 300 g/mol. The average Bonchev–Trinajstić information content (AvgIpc) is 2.54. The van der Waals surface area contributed by atoms with E-state index in [0.29, 0.717) is 12.4 Å². The molecule has 0 saturated carbocycles. The summed E-state index contributed by atoms with van der Waals surface area (Å²) in [5.74, 6) is 0.547. The van der Waals surface area contributed by atoms with Gasteiger partial charge >= 0.3 is 6.16 Å². The molecule has 0 heterocycles. The van der Waals surface area contributed by atoms with Gasteiger partial charge < -0.3 is 9.47 Å². The summed E-state index contributed by atoms with van der Waals surface area (Å²) in [6, 6.07) is 13.5. The van der Waals surface area contributed by atoms with Crippen LogP contribution >= 0.6 is 0 Å². The minimum atomic E-state index is -0.620. The first-order chi connectivity index (χ1) is 10.8. The molecule has 0 aliphatic heterocycles. The summed E-state index contributed by atoms with van der Waals surface area (Å²) in [4.78, 5) is 11.7. The minimum absolute atomic E-state index is 0.426. The minimum Gasteiger partial charge on any atom is -0.434 e. The van der Waals surface area contributed by atoms with Gasteiger partial charge in [-0.2, -0.15) is 0 Å². The molecule has 3 heteroatoms. The van der Waals surface area contributed by atoms with E-state index in [1.165, 1.54) is 25.7 Å². The molecule has 0 atom stereocenters. The molecule has 0 fully saturated rings. The second-order valence-electron chi connectivity index (χ2n) is 5.45. The molecule has 2 rings (SSSR count). The van der Waals surface area contributed by atoms with Crippen molar-refractivity contribution in [1.82, 2.24) is 0 Å². The van der Waals surface area contributed by atoms with Crippen LogP contribution < -0.4 is 4.74 Å². The lowest BCUT2D eigenvalue weighted by Crippen LogP contribution is -2.11. The number of benzene rings is 2. The maximum Gasteiger partial charge on any atom is 0.513 e. The average molecular weight is 300 g/mol. The highest BCUT2D eigenvalue weighted by Crippen LogP contribution is 2.25. The first kappa shape index (κ1) is 16.3. The largest absolute Gasteiger partial charge is 0.513 e. The highest BCUT2D eigenvalue weighted by Gasteiger charge is 2.08. The molecule has 0 aliphatic rings. The van der Waals surface area contributed by atoms with Gasteiger partial charge in [-0.15, -0.1) is 0 Å². The van der Waals surface area contributed by atoms with Crippen molar-refractivity contribution in [3.05, 3.63) is 42.5 Å². The molecule has 2 aromatic carbocycles. The predicted octanol–water partition coefficient (Wildman–Crippen LogP) is 5.72. The predicted molar refractivity (Wildman–Crippen MR) is 89.3 cm³/mol. The van der Waals surface area contributed by atoms with Gasteiger partial charge in [0.1, 0.15) is 5.75 Å². The van der Waals surface area contributed by atoms with E-state index in [2.05, 4.69) is 6.92 Å². The Hall–Kier alpha value is -2.03. The Bertz CT molecular complexity index is 587. The van der Waals surface area contributed by atoms with Crippen molar-refractivity contribution in [1.29, 1.82) is 0 Å². The van der Waals surface area contributed by atoms with E-state index in [1.807, 2.05) is 36.4 Å². The van der Waals surface area contributed by atoms with E-state index in [4.69, 9.17) is 9.47 Å². The number of hydrogen-bond donors (Lipinski definition) is 0. The van der Waals surface area contributed by atoms with Crippen molar-refractivity contribution in [3.8, 4) is 5.75 Å². The summed E-state index contributed by atoms with van der Waals surface area (Å²) >= 11 is 0. The Labute approximate surface area is 132 Å². The number of carbonyl (C=O) groups excluding carboxylic acids is 1. The quantitative estimate of drug-likeness (QED) is 0.355. The van der Waals surface area contributed by atoms with Crippen LogP contribution in [0.3, 0.4) is 0 Å². The van der Waals surface area contributed by atoms with Crippen molar-refractivity contribution >= 4 is 16.9 Å². The van der Waals surface area contributed by atoms with Gasteiger partial charge in [0.25, 0.3) is 0 Å². The summed E-state index contributed by atoms with van der Waals surface area (Å²) in [6.07, 6.45) is 6.37. The van der Waals surface area contributed by atoms with Crippen molar-refractivity contribution in [2.24, 2.45) is 0 Å². The fourth-order valence-corrected chi connectivity index (χ4v) is 2.44. The third-order valence-electron chi connectivity index (χ3n) is 3.66. The Balaban J connectivity index is 1.75. The second kappa shape index (κ2) is 9.08. The third kappa shape index (κ3) is 5.06. The SMILES string of the molecule is CCCCCCCCOC(=O)Oc1cccc2ccccc12. The van der Waals surface area contributed by atoms with Crippen LogP contribution in [0.15, 0.2) is 42.5 Å². The highest BCUT2D eigenvalue weighted by atomic mass is 16.7. The molecular formula is C19H24O3. The Kier molecular flexibility index (Phi) is 6.75. The van der Waals surface area contributed by atoms with Gasteiger partial charge in [-0.1, -0.05) is 75.4 Å². The number of unbranched alkanes of at least 4 members (excludes halogenated alkanes) is 5. The van der Waals surface area contributed by atoms with Gasteiger partial charge in [0.05, 0.1) is 6.61 Å². The van der Waals surface area contributed by atoms with E-state index >= 15 is 0 Å². The van der Waals surface area contributed by atoms with Crippen LogP contribution in [-0.4, -0.2) is 12.8 Å². The molecule has 0 spiro atoms. The molecule has 3 nitrogen and oxygen atoms in total. The number of hydrogen-bond acceptors (Lipinski definition) is 3. The molecule has 0 aromatic heterocycles. The fourth-order valence-electron chi connectivity index (χ4n) is 2.44. The second-order valence-corrected chi connectivity index (χ2v) is 5.45. The highest BCUT2D eigenvalue weighted by molar-refractivity contribution is 5.89. The Morgan fingerprint density at radius 3 is 2.50 bits per heavy atom. The summed E-state index contributed by atoms with van der Waals surface area (Å²) in [7, 11) is 0. The topological polar surface area (TPSA) is 35.5 Å². The summed E-state index contributed by atoms with van der Waals surface area (Å²) in [5.41, 5.74) is 0. The van der Waals surface area contributed by atoms with Crippen molar-refractivity contribution < 1.29 is 14.3 Å². The van der Waals surface area contributed by atoms with E-state index in [-0.39, 0.29) is 0 Å². The van der Waals surface area contributed by atoms with E-state index < -0.39 is 6.16 Å². The molecule has 0 aliphatic carbocycles. The third-order valence-corrected chi connectivity index (χ3v) is 3.66. The molecule has 0 unspecified atom stereocenters. The smallest absolute Gasteiger partial charge is 0.434 e.